The van der Waals surface area contributed by atoms with Gasteiger partial charge in [-0.2, -0.15) is 0 Å². The van der Waals surface area contributed by atoms with E-state index in [1.165, 1.54) is 11.3 Å². The molecular weight excluding hydrogens is 276 g/mol. The molecule has 0 spiro atoms. The van der Waals surface area contributed by atoms with Crippen molar-refractivity contribution in [2.24, 2.45) is 11.8 Å². The Morgan fingerprint density at radius 1 is 1.40 bits per heavy atom. The lowest BCUT2D eigenvalue weighted by molar-refractivity contribution is -0.150. The molecule has 1 amide bonds. The molecule has 1 heterocycles. The van der Waals surface area contributed by atoms with E-state index in [1.54, 1.807) is 17.5 Å². The minimum Gasteiger partial charge on any atom is -0.481 e. The average molecular weight is 294 g/mol. The SMILES string of the molecule is Cc1ncsc1CN(C)C(=O)[C@@H]1CC=CC[C@@H]1C(=O)O. The van der Waals surface area contributed by atoms with Crippen molar-refractivity contribution < 1.29 is 14.7 Å². The molecule has 0 saturated carbocycles. The molecule has 0 fully saturated rings. The number of carboxylic acids is 1. The summed E-state index contributed by atoms with van der Waals surface area (Å²) < 4.78 is 0. The predicted octanol–water partition coefficient (Wildman–Crippen LogP) is 2.08. The number of carboxylic acid groups (broad SMARTS) is 1. The maximum atomic E-state index is 12.5. The number of hydrogen-bond acceptors (Lipinski definition) is 4. The van der Waals surface area contributed by atoms with Gasteiger partial charge < -0.3 is 10.0 Å². The molecular formula is C14H18N2O3S. The summed E-state index contributed by atoms with van der Waals surface area (Å²) in [6.45, 7) is 2.40. The number of amides is 1. The molecule has 1 aromatic rings. The lowest BCUT2D eigenvalue weighted by Crippen LogP contribution is -2.39. The van der Waals surface area contributed by atoms with Crippen LogP contribution >= 0.6 is 11.3 Å². The van der Waals surface area contributed by atoms with E-state index < -0.39 is 17.8 Å². The number of carbonyl (C=O) groups is 2. The van der Waals surface area contributed by atoms with Gasteiger partial charge >= 0.3 is 5.97 Å². The number of aromatic nitrogens is 1. The topological polar surface area (TPSA) is 70.5 Å². The molecule has 0 aromatic carbocycles. The van der Waals surface area contributed by atoms with E-state index in [4.69, 9.17) is 0 Å². The van der Waals surface area contributed by atoms with Crippen LogP contribution in [0.2, 0.25) is 0 Å². The van der Waals surface area contributed by atoms with E-state index in [2.05, 4.69) is 4.98 Å². The minimum absolute atomic E-state index is 0.102. The average Bonchev–Trinajstić information content (AvgIpc) is 2.83. The Labute approximate surface area is 121 Å². The van der Waals surface area contributed by atoms with E-state index in [9.17, 15) is 14.7 Å². The molecule has 2 atom stereocenters. The van der Waals surface area contributed by atoms with E-state index in [0.29, 0.717) is 19.4 Å². The summed E-state index contributed by atoms with van der Waals surface area (Å²) >= 11 is 1.51. The maximum Gasteiger partial charge on any atom is 0.307 e. The Hall–Kier alpha value is -1.69. The van der Waals surface area contributed by atoms with Gasteiger partial charge in [0, 0.05) is 11.9 Å². The third kappa shape index (κ3) is 3.07. The normalized spacial score (nSPS) is 21.7. The summed E-state index contributed by atoms with van der Waals surface area (Å²) in [5.74, 6) is -2.07. The second-order valence-corrected chi connectivity index (χ2v) is 5.99. The lowest BCUT2D eigenvalue weighted by atomic mass is 9.82. The molecule has 20 heavy (non-hydrogen) atoms. The zero-order chi connectivity index (χ0) is 14.7. The van der Waals surface area contributed by atoms with Crippen LogP contribution in [0, 0.1) is 18.8 Å². The molecule has 1 aliphatic carbocycles. The fourth-order valence-electron chi connectivity index (χ4n) is 2.41. The monoisotopic (exact) mass is 294 g/mol. The van der Waals surface area contributed by atoms with Crippen LogP contribution < -0.4 is 0 Å². The van der Waals surface area contributed by atoms with Crippen LogP contribution in [0.15, 0.2) is 17.7 Å². The number of rotatable bonds is 4. The first-order chi connectivity index (χ1) is 9.50. The molecule has 0 saturated heterocycles. The van der Waals surface area contributed by atoms with Crippen LogP contribution in [0.3, 0.4) is 0 Å². The highest BCUT2D eigenvalue weighted by atomic mass is 32.1. The van der Waals surface area contributed by atoms with E-state index in [1.807, 2.05) is 19.1 Å². The summed E-state index contributed by atoms with van der Waals surface area (Å²) in [7, 11) is 1.72. The molecule has 2 rings (SSSR count). The Morgan fingerprint density at radius 3 is 2.60 bits per heavy atom. The number of carbonyl (C=O) groups excluding carboxylic acids is 1. The molecule has 0 aliphatic heterocycles. The van der Waals surface area contributed by atoms with E-state index in [0.717, 1.165) is 10.6 Å². The third-order valence-electron chi connectivity index (χ3n) is 3.67. The zero-order valence-corrected chi connectivity index (χ0v) is 12.4. The van der Waals surface area contributed by atoms with Crippen LogP contribution in [-0.2, 0) is 16.1 Å². The molecule has 0 bridgehead atoms. The minimum atomic E-state index is -0.893. The largest absolute Gasteiger partial charge is 0.481 e. The summed E-state index contributed by atoms with van der Waals surface area (Å²) in [4.78, 5) is 30.5. The number of hydrogen-bond donors (Lipinski definition) is 1. The number of allylic oxidation sites excluding steroid dienone is 2. The van der Waals surface area contributed by atoms with Crippen LogP contribution in [0.4, 0.5) is 0 Å². The van der Waals surface area contributed by atoms with Crippen molar-refractivity contribution >= 4 is 23.2 Å². The van der Waals surface area contributed by atoms with Crippen LogP contribution in [0.25, 0.3) is 0 Å². The Bertz CT molecular complexity index is 538. The standard InChI is InChI=1S/C14H18N2O3S/c1-9-12(20-8-15-9)7-16(2)13(17)10-5-3-4-6-11(10)14(18)19/h3-4,8,10-11H,5-7H2,1-2H3,(H,18,19)/t10-,11+/m1/s1. The van der Waals surface area contributed by atoms with Crippen molar-refractivity contribution in [3.8, 4) is 0 Å². The van der Waals surface area contributed by atoms with Crippen molar-refractivity contribution in [3.63, 3.8) is 0 Å². The molecule has 6 heteroatoms. The fourth-order valence-corrected chi connectivity index (χ4v) is 3.24. The van der Waals surface area contributed by atoms with E-state index >= 15 is 0 Å². The molecule has 5 nitrogen and oxygen atoms in total. The number of thiazole rings is 1. The Balaban J connectivity index is 2.07. The molecule has 108 valence electrons. The second-order valence-electron chi connectivity index (χ2n) is 5.05. The molecule has 1 aliphatic rings. The van der Waals surface area contributed by atoms with Crippen molar-refractivity contribution in [2.45, 2.75) is 26.3 Å². The number of nitrogens with zero attached hydrogens (tertiary/aromatic N) is 2. The van der Waals surface area contributed by atoms with Gasteiger partial charge in [-0.05, 0) is 19.8 Å². The fraction of sp³-hybridized carbons (Fsp3) is 0.500. The van der Waals surface area contributed by atoms with Crippen LogP contribution in [-0.4, -0.2) is 33.9 Å². The maximum absolute atomic E-state index is 12.5. The molecule has 1 aromatic heterocycles. The van der Waals surface area contributed by atoms with Gasteiger partial charge in [-0.15, -0.1) is 11.3 Å². The van der Waals surface area contributed by atoms with Gasteiger partial charge in [-0.25, -0.2) is 4.98 Å². The zero-order valence-electron chi connectivity index (χ0n) is 11.6. The number of aryl methyl sites for hydroxylation is 1. The Morgan fingerprint density at radius 2 is 2.05 bits per heavy atom. The summed E-state index contributed by atoms with van der Waals surface area (Å²) in [5, 5.41) is 9.23. The second kappa shape index (κ2) is 6.17. The van der Waals surface area contributed by atoms with Gasteiger partial charge in [0.1, 0.15) is 0 Å². The highest BCUT2D eigenvalue weighted by Crippen LogP contribution is 2.28. The van der Waals surface area contributed by atoms with E-state index in [-0.39, 0.29) is 5.91 Å². The number of aliphatic carboxylic acids is 1. The molecule has 0 radical (unpaired) electrons. The summed E-state index contributed by atoms with van der Waals surface area (Å²) in [6.07, 6.45) is 4.67. The Kier molecular flexibility index (Phi) is 4.54. The van der Waals surface area contributed by atoms with Gasteiger partial charge in [0.2, 0.25) is 5.91 Å². The first kappa shape index (κ1) is 14.7. The van der Waals surface area contributed by atoms with Crippen molar-refractivity contribution in [2.75, 3.05) is 7.05 Å². The smallest absolute Gasteiger partial charge is 0.307 e. The van der Waals surface area contributed by atoms with Gasteiger partial charge in [0.15, 0.2) is 0 Å². The van der Waals surface area contributed by atoms with Gasteiger partial charge in [0.05, 0.1) is 29.6 Å². The van der Waals surface area contributed by atoms with Crippen LogP contribution in [0.5, 0.6) is 0 Å². The predicted molar refractivity (Wildman–Crippen MR) is 76.3 cm³/mol. The highest BCUT2D eigenvalue weighted by Gasteiger charge is 2.35. The van der Waals surface area contributed by atoms with Gasteiger partial charge in [0.25, 0.3) is 0 Å². The summed E-state index contributed by atoms with van der Waals surface area (Å²) in [5.41, 5.74) is 2.68. The third-order valence-corrected chi connectivity index (χ3v) is 4.59. The van der Waals surface area contributed by atoms with Crippen LogP contribution in [0.1, 0.15) is 23.4 Å². The quantitative estimate of drug-likeness (QED) is 0.863. The highest BCUT2D eigenvalue weighted by molar-refractivity contribution is 7.09. The molecule has 0 unspecified atom stereocenters. The van der Waals surface area contributed by atoms with Crippen molar-refractivity contribution in [1.29, 1.82) is 0 Å². The van der Waals surface area contributed by atoms with Gasteiger partial charge in [-0.1, -0.05) is 12.2 Å². The van der Waals surface area contributed by atoms with Gasteiger partial charge in [-0.3, -0.25) is 9.59 Å². The lowest BCUT2D eigenvalue weighted by Gasteiger charge is -2.28. The summed E-state index contributed by atoms with van der Waals surface area (Å²) in [6, 6.07) is 0. The van der Waals surface area contributed by atoms with Crippen molar-refractivity contribution in [3.05, 3.63) is 28.2 Å². The first-order valence-corrected chi connectivity index (χ1v) is 7.40. The first-order valence-electron chi connectivity index (χ1n) is 6.52. The molecule has 1 N–H and O–H groups in total. The van der Waals surface area contributed by atoms with Crippen molar-refractivity contribution in [1.82, 2.24) is 9.88 Å².